The zero-order chi connectivity index (χ0) is 23.6. The van der Waals surface area contributed by atoms with E-state index in [1.165, 1.54) is 44.6 Å². The number of methoxy groups -OCH3 is 2. The summed E-state index contributed by atoms with van der Waals surface area (Å²) in [5.41, 5.74) is -0.883. The molecule has 1 heterocycles. The lowest BCUT2D eigenvalue weighted by atomic mass is 9.83. The van der Waals surface area contributed by atoms with Crippen molar-refractivity contribution >= 4 is 11.6 Å². The Hall–Kier alpha value is -1.85. The Labute approximate surface area is 188 Å². The van der Waals surface area contributed by atoms with Gasteiger partial charge in [0.25, 0.3) is 0 Å². The maximum atomic E-state index is 14.4. The minimum Gasteiger partial charge on any atom is -0.494 e. The topological polar surface area (TPSA) is 109 Å². The largest absolute Gasteiger partial charge is 0.494 e. The first kappa shape index (κ1) is 24.8. The number of benzene rings is 2. The SMILES string of the molecule is COCC1(CO)OC(c2ccc(Cl)c(Cc3ccc(OC)c(F)c3F)c2)[C@H](O)[C@@H](O)[C@@H]1O. The van der Waals surface area contributed by atoms with Crippen LogP contribution in [0.4, 0.5) is 8.78 Å². The first-order chi connectivity index (χ1) is 15.2. The predicted octanol–water partition coefficient (Wildman–Crippen LogP) is 1.75. The number of rotatable bonds is 7. The number of ether oxygens (including phenoxy) is 3. The quantitative estimate of drug-likeness (QED) is 0.484. The minimum absolute atomic E-state index is 0.0343. The zero-order valence-corrected chi connectivity index (χ0v) is 18.2. The molecule has 1 saturated heterocycles. The second kappa shape index (κ2) is 9.96. The van der Waals surface area contributed by atoms with E-state index in [9.17, 15) is 29.2 Å². The predicted molar refractivity (Wildman–Crippen MR) is 111 cm³/mol. The van der Waals surface area contributed by atoms with Gasteiger partial charge in [0.15, 0.2) is 11.6 Å². The van der Waals surface area contributed by atoms with Gasteiger partial charge in [-0.1, -0.05) is 29.8 Å². The molecule has 0 aliphatic carbocycles. The van der Waals surface area contributed by atoms with Crippen LogP contribution in [0.1, 0.15) is 22.8 Å². The fourth-order valence-electron chi connectivity index (χ4n) is 3.85. The molecule has 0 amide bonds. The fraction of sp³-hybridized carbons (Fsp3) is 0.455. The van der Waals surface area contributed by atoms with Crippen LogP contribution >= 0.6 is 11.6 Å². The Bertz CT molecular complexity index is 960. The third-order valence-corrected chi connectivity index (χ3v) is 6.04. The standard InChI is InChI=1S/C22H25ClF2O7/c1-30-10-22(9-26)21(29)19(28)18(27)20(32-22)12-3-5-14(23)13(8-12)7-11-4-6-15(31-2)17(25)16(11)24/h3-6,8,18-21,26-29H,7,9-10H2,1-2H3/t18-,19-,20?,21+,22?/m1/s1. The Morgan fingerprint density at radius 1 is 1.03 bits per heavy atom. The first-order valence-corrected chi connectivity index (χ1v) is 10.2. The average molecular weight is 475 g/mol. The Balaban J connectivity index is 1.96. The van der Waals surface area contributed by atoms with Crippen LogP contribution in [-0.2, 0) is 15.9 Å². The molecule has 0 spiro atoms. The third kappa shape index (κ3) is 4.47. The monoisotopic (exact) mass is 474 g/mol. The Kier molecular flexibility index (Phi) is 7.72. The molecule has 32 heavy (non-hydrogen) atoms. The molecule has 176 valence electrons. The molecular weight excluding hydrogens is 450 g/mol. The molecule has 2 aromatic rings. The molecule has 2 aromatic carbocycles. The lowest BCUT2D eigenvalue weighted by molar-refractivity contribution is -0.291. The number of aliphatic hydroxyl groups is 4. The van der Waals surface area contributed by atoms with E-state index in [2.05, 4.69) is 0 Å². The number of halogens is 3. The number of aliphatic hydroxyl groups excluding tert-OH is 4. The van der Waals surface area contributed by atoms with Crippen molar-refractivity contribution in [1.29, 1.82) is 0 Å². The first-order valence-electron chi connectivity index (χ1n) is 9.80. The van der Waals surface area contributed by atoms with Crippen molar-refractivity contribution in [3.63, 3.8) is 0 Å². The highest BCUT2D eigenvalue weighted by atomic mass is 35.5. The summed E-state index contributed by atoms with van der Waals surface area (Å²) in [6.07, 6.45) is -6.02. The van der Waals surface area contributed by atoms with E-state index in [4.69, 9.17) is 25.8 Å². The van der Waals surface area contributed by atoms with Crippen LogP contribution < -0.4 is 4.74 Å². The molecule has 4 N–H and O–H groups in total. The van der Waals surface area contributed by atoms with Gasteiger partial charge in [-0.25, -0.2) is 4.39 Å². The van der Waals surface area contributed by atoms with Crippen molar-refractivity contribution in [2.75, 3.05) is 27.4 Å². The average Bonchev–Trinajstić information content (AvgIpc) is 2.79. The van der Waals surface area contributed by atoms with Gasteiger partial charge >= 0.3 is 0 Å². The van der Waals surface area contributed by atoms with Gasteiger partial charge in [0.05, 0.1) is 20.3 Å². The number of hydrogen-bond donors (Lipinski definition) is 4. The molecular formula is C22H25ClF2O7. The summed E-state index contributed by atoms with van der Waals surface area (Å²) in [4.78, 5) is 0. The summed E-state index contributed by atoms with van der Waals surface area (Å²) in [5, 5.41) is 41.4. The highest BCUT2D eigenvalue weighted by molar-refractivity contribution is 6.31. The van der Waals surface area contributed by atoms with Crippen LogP contribution in [0.25, 0.3) is 0 Å². The van der Waals surface area contributed by atoms with Gasteiger partial charge in [0, 0.05) is 18.6 Å². The molecule has 0 saturated carbocycles. The van der Waals surface area contributed by atoms with Crippen molar-refractivity contribution < 1.29 is 43.4 Å². The Morgan fingerprint density at radius 2 is 1.75 bits per heavy atom. The second-order valence-electron chi connectivity index (χ2n) is 7.70. The molecule has 0 aromatic heterocycles. The van der Waals surface area contributed by atoms with Crippen LogP contribution in [-0.4, -0.2) is 71.8 Å². The van der Waals surface area contributed by atoms with Gasteiger partial charge in [-0.05, 0) is 28.8 Å². The molecule has 5 atom stereocenters. The molecule has 2 unspecified atom stereocenters. The fourth-order valence-corrected chi connectivity index (χ4v) is 4.04. The molecule has 7 nitrogen and oxygen atoms in total. The van der Waals surface area contributed by atoms with Crippen molar-refractivity contribution in [2.45, 2.75) is 36.4 Å². The van der Waals surface area contributed by atoms with E-state index in [1.54, 1.807) is 0 Å². The summed E-state index contributed by atoms with van der Waals surface area (Å²) in [6, 6.07) is 7.23. The van der Waals surface area contributed by atoms with Crippen LogP contribution in [0, 0.1) is 11.6 Å². The Morgan fingerprint density at radius 3 is 2.38 bits per heavy atom. The zero-order valence-electron chi connectivity index (χ0n) is 17.5. The molecule has 1 aliphatic heterocycles. The van der Waals surface area contributed by atoms with Crippen molar-refractivity contribution in [3.8, 4) is 5.75 Å². The van der Waals surface area contributed by atoms with Gasteiger partial charge in [0.1, 0.15) is 30.0 Å². The summed E-state index contributed by atoms with van der Waals surface area (Å²) in [5.74, 6) is -2.42. The smallest absolute Gasteiger partial charge is 0.200 e. The van der Waals surface area contributed by atoms with Gasteiger partial charge < -0.3 is 34.6 Å². The van der Waals surface area contributed by atoms with Gasteiger partial charge in [0.2, 0.25) is 5.82 Å². The van der Waals surface area contributed by atoms with E-state index >= 15 is 0 Å². The highest BCUT2D eigenvalue weighted by Crippen LogP contribution is 2.39. The van der Waals surface area contributed by atoms with Crippen molar-refractivity contribution in [1.82, 2.24) is 0 Å². The van der Waals surface area contributed by atoms with Crippen molar-refractivity contribution in [2.24, 2.45) is 0 Å². The molecule has 10 heteroatoms. The maximum Gasteiger partial charge on any atom is 0.200 e. The van der Waals surface area contributed by atoms with Gasteiger partial charge in [-0.2, -0.15) is 4.39 Å². The minimum atomic E-state index is -1.68. The summed E-state index contributed by atoms with van der Waals surface area (Å²) < 4.78 is 44.2. The van der Waals surface area contributed by atoms with Gasteiger partial charge in [-0.15, -0.1) is 0 Å². The third-order valence-electron chi connectivity index (χ3n) is 5.67. The summed E-state index contributed by atoms with van der Waals surface area (Å²) in [6.45, 7) is -0.930. The van der Waals surface area contributed by atoms with E-state index in [0.717, 1.165) is 0 Å². The van der Waals surface area contributed by atoms with Crippen molar-refractivity contribution in [3.05, 3.63) is 63.7 Å². The number of hydrogen-bond acceptors (Lipinski definition) is 7. The molecule has 0 bridgehead atoms. The van der Waals surface area contributed by atoms with Crippen LogP contribution in [0.5, 0.6) is 5.75 Å². The van der Waals surface area contributed by atoms with Crippen LogP contribution in [0.3, 0.4) is 0 Å². The van der Waals surface area contributed by atoms with Crippen LogP contribution in [0.15, 0.2) is 30.3 Å². The van der Waals surface area contributed by atoms with Gasteiger partial charge in [-0.3, -0.25) is 0 Å². The summed E-state index contributed by atoms with van der Waals surface area (Å²) in [7, 11) is 2.57. The van der Waals surface area contributed by atoms with E-state index in [0.29, 0.717) is 11.1 Å². The normalized spacial score (nSPS) is 28.0. The molecule has 1 aliphatic rings. The maximum absolute atomic E-state index is 14.4. The van der Waals surface area contributed by atoms with E-state index in [1.807, 2.05) is 0 Å². The molecule has 3 rings (SSSR count). The molecule has 0 radical (unpaired) electrons. The second-order valence-corrected chi connectivity index (χ2v) is 8.11. The lowest BCUT2D eigenvalue weighted by Gasteiger charge is -2.48. The molecule has 1 fully saturated rings. The summed E-state index contributed by atoms with van der Waals surface area (Å²) >= 11 is 6.26. The lowest BCUT2D eigenvalue weighted by Crippen LogP contribution is -2.65. The van der Waals surface area contributed by atoms with E-state index < -0.39 is 48.3 Å². The van der Waals surface area contributed by atoms with E-state index in [-0.39, 0.29) is 29.4 Å². The van der Waals surface area contributed by atoms with Crippen LogP contribution in [0.2, 0.25) is 5.02 Å². The highest BCUT2D eigenvalue weighted by Gasteiger charge is 2.53.